The van der Waals surface area contributed by atoms with Crippen LogP contribution < -0.4 is 0 Å². The molecule has 1 heterocycles. The first-order valence-electron chi connectivity index (χ1n) is 19.0. The standard InChI is InChI=1S/C53H32N2/c1-2-12-34(13-3-1)49-28-29-50(55-54-49)35-24-22-33(23-25-35)36-26-27-37-31-45-48(32-38(37)30-36)53(46-20-10-8-16-41(46)42-17-9-11-21-47(42)53)52-44-19-7-5-15-40(44)39-14-4-6-18-43(39)51(45)52/h1-32H. The van der Waals surface area contributed by atoms with Gasteiger partial charge in [0.05, 0.1) is 16.8 Å². The van der Waals surface area contributed by atoms with Crippen molar-refractivity contribution in [3.05, 3.63) is 216 Å². The molecule has 0 unspecified atom stereocenters. The minimum absolute atomic E-state index is 0.454. The first kappa shape index (κ1) is 30.3. The molecule has 0 radical (unpaired) electrons. The molecule has 0 N–H and O–H groups in total. The number of fused-ring (bicyclic) bond motifs is 16. The first-order chi connectivity index (χ1) is 27.3. The molecule has 9 aromatic carbocycles. The lowest BCUT2D eigenvalue weighted by atomic mass is 9.69. The Balaban J connectivity index is 1.05. The van der Waals surface area contributed by atoms with Crippen LogP contribution in [0.4, 0.5) is 0 Å². The molecule has 2 aliphatic carbocycles. The predicted octanol–water partition coefficient (Wildman–Crippen LogP) is 13.3. The summed E-state index contributed by atoms with van der Waals surface area (Å²) in [6.45, 7) is 0. The van der Waals surface area contributed by atoms with Gasteiger partial charge in [0.2, 0.25) is 0 Å². The van der Waals surface area contributed by atoms with Gasteiger partial charge in [0.15, 0.2) is 0 Å². The van der Waals surface area contributed by atoms with Crippen LogP contribution in [0.25, 0.3) is 88.2 Å². The molecule has 2 aliphatic rings. The number of hydrogen-bond acceptors (Lipinski definition) is 2. The third-order valence-corrected chi connectivity index (χ3v) is 12.2. The van der Waals surface area contributed by atoms with Crippen LogP contribution in [-0.4, -0.2) is 10.2 Å². The molecule has 0 aliphatic heterocycles. The van der Waals surface area contributed by atoms with Crippen molar-refractivity contribution in [3.8, 4) is 55.9 Å². The molecule has 254 valence electrons. The summed E-state index contributed by atoms with van der Waals surface area (Å²) in [6.07, 6.45) is 0. The Kier molecular flexibility index (Phi) is 6.29. The highest BCUT2D eigenvalue weighted by Gasteiger charge is 2.53. The van der Waals surface area contributed by atoms with Gasteiger partial charge in [0, 0.05) is 11.1 Å². The van der Waals surface area contributed by atoms with E-state index < -0.39 is 5.41 Å². The molecule has 0 fully saturated rings. The van der Waals surface area contributed by atoms with Gasteiger partial charge in [-0.3, -0.25) is 0 Å². The van der Waals surface area contributed by atoms with E-state index in [0.717, 1.165) is 22.5 Å². The van der Waals surface area contributed by atoms with E-state index in [2.05, 4.69) is 180 Å². The molecular weight excluding hydrogens is 665 g/mol. The van der Waals surface area contributed by atoms with E-state index in [1.165, 1.54) is 88.0 Å². The number of aromatic nitrogens is 2. The van der Waals surface area contributed by atoms with Gasteiger partial charge in [-0.2, -0.15) is 0 Å². The maximum atomic E-state index is 4.57. The zero-order valence-corrected chi connectivity index (χ0v) is 29.9. The Morgan fingerprint density at radius 3 is 1.51 bits per heavy atom. The third kappa shape index (κ3) is 4.19. The van der Waals surface area contributed by atoms with Crippen LogP contribution in [-0.2, 0) is 5.41 Å². The maximum absolute atomic E-state index is 4.57. The zero-order valence-electron chi connectivity index (χ0n) is 29.9. The Morgan fingerprint density at radius 1 is 0.309 bits per heavy atom. The van der Waals surface area contributed by atoms with Gasteiger partial charge in [0.25, 0.3) is 0 Å². The minimum atomic E-state index is -0.454. The molecule has 55 heavy (non-hydrogen) atoms. The fraction of sp³-hybridized carbons (Fsp3) is 0.0189. The second-order valence-corrected chi connectivity index (χ2v) is 14.9. The van der Waals surface area contributed by atoms with Crippen molar-refractivity contribution in [2.45, 2.75) is 5.41 Å². The molecule has 0 bridgehead atoms. The predicted molar refractivity (Wildman–Crippen MR) is 227 cm³/mol. The summed E-state index contributed by atoms with van der Waals surface area (Å²) < 4.78 is 0. The van der Waals surface area contributed by atoms with Gasteiger partial charge in [-0.15, -0.1) is 10.2 Å². The molecule has 1 spiro atoms. The van der Waals surface area contributed by atoms with Crippen LogP contribution in [0.1, 0.15) is 22.3 Å². The molecule has 12 rings (SSSR count). The fourth-order valence-electron chi connectivity index (χ4n) is 9.82. The highest BCUT2D eigenvalue weighted by atomic mass is 15.1. The second-order valence-electron chi connectivity index (χ2n) is 14.9. The molecule has 0 saturated carbocycles. The lowest BCUT2D eigenvalue weighted by Gasteiger charge is -2.32. The van der Waals surface area contributed by atoms with Crippen LogP contribution in [0, 0.1) is 0 Å². The number of hydrogen-bond donors (Lipinski definition) is 0. The topological polar surface area (TPSA) is 25.8 Å². The van der Waals surface area contributed by atoms with E-state index in [-0.39, 0.29) is 0 Å². The lowest BCUT2D eigenvalue weighted by molar-refractivity contribution is 0.803. The van der Waals surface area contributed by atoms with Crippen LogP contribution in [0.5, 0.6) is 0 Å². The molecule has 1 aromatic heterocycles. The molecule has 2 heteroatoms. The van der Waals surface area contributed by atoms with E-state index in [4.69, 9.17) is 0 Å². The smallest absolute Gasteiger partial charge is 0.0930 e. The summed E-state index contributed by atoms with van der Waals surface area (Å²) in [5, 5.41) is 16.8. The van der Waals surface area contributed by atoms with Crippen LogP contribution >= 0.6 is 0 Å². The fourth-order valence-corrected chi connectivity index (χ4v) is 9.82. The van der Waals surface area contributed by atoms with E-state index in [0.29, 0.717) is 0 Å². The van der Waals surface area contributed by atoms with E-state index in [1.54, 1.807) is 0 Å². The Bertz CT molecular complexity index is 3130. The van der Waals surface area contributed by atoms with Crippen LogP contribution in [0.15, 0.2) is 194 Å². The minimum Gasteiger partial charge on any atom is -0.150 e. The first-order valence-corrected chi connectivity index (χ1v) is 19.0. The molecule has 0 amide bonds. The van der Waals surface area contributed by atoms with Crippen LogP contribution in [0.2, 0.25) is 0 Å². The van der Waals surface area contributed by atoms with Gasteiger partial charge in [0.1, 0.15) is 0 Å². The monoisotopic (exact) mass is 696 g/mol. The summed E-state index contributed by atoms with van der Waals surface area (Å²) in [4.78, 5) is 0. The molecule has 0 atom stereocenters. The Hall–Kier alpha value is -7.16. The van der Waals surface area contributed by atoms with Gasteiger partial charge < -0.3 is 0 Å². The third-order valence-electron chi connectivity index (χ3n) is 12.2. The van der Waals surface area contributed by atoms with Crippen molar-refractivity contribution in [3.63, 3.8) is 0 Å². The van der Waals surface area contributed by atoms with Gasteiger partial charge >= 0.3 is 0 Å². The van der Waals surface area contributed by atoms with Gasteiger partial charge in [-0.25, -0.2) is 0 Å². The highest BCUT2D eigenvalue weighted by molar-refractivity contribution is 6.20. The van der Waals surface area contributed by atoms with E-state index in [9.17, 15) is 0 Å². The molecular formula is C53H32N2. The summed E-state index contributed by atoms with van der Waals surface area (Å²) in [6, 6.07) is 71.2. The quantitative estimate of drug-likeness (QED) is 0.172. The van der Waals surface area contributed by atoms with Crippen molar-refractivity contribution >= 4 is 32.3 Å². The van der Waals surface area contributed by atoms with E-state index >= 15 is 0 Å². The van der Waals surface area contributed by atoms with Crippen molar-refractivity contribution < 1.29 is 0 Å². The molecule has 0 saturated heterocycles. The van der Waals surface area contributed by atoms with E-state index in [1.807, 2.05) is 24.3 Å². The summed E-state index contributed by atoms with van der Waals surface area (Å²) in [5.74, 6) is 0. The lowest BCUT2D eigenvalue weighted by Crippen LogP contribution is -2.26. The molecule has 2 nitrogen and oxygen atoms in total. The van der Waals surface area contributed by atoms with Gasteiger partial charge in [-0.1, -0.05) is 164 Å². The average molecular weight is 697 g/mol. The second kappa shape index (κ2) is 11.4. The highest BCUT2D eigenvalue weighted by Crippen LogP contribution is 2.65. The van der Waals surface area contributed by atoms with Gasteiger partial charge in [-0.05, 0) is 118 Å². The van der Waals surface area contributed by atoms with Crippen LogP contribution in [0.3, 0.4) is 0 Å². The number of nitrogens with zero attached hydrogens (tertiary/aromatic N) is 2. The Labute approximate surface area is 319 Å². The number of benzene rings is 9. The SMILES string of the molecule is c1ccc(-c2ccc(-c3ccc(-c4ccc5cc6c(cc5c4)C4(c5ccccc5-c5ccccc54)c4c-6c5ccccc5c5ccccc45)cc3)nn2)cc1. The summed E-state index contributed by atoms with van der Waals surface area (Å²) in [7, 11) is 0. The zero-order chi connectivity index (χ0) is 36.1. The van der Waals surface area contributed by atoms with Crippen molar-refractivity contribution in [2.24, 2.45) is 0 Å². The molecule has 10 aromatic rings. The van der Waals surface area contributed by atoms with Crippen molar-refractivity contribution in [1.82, 2.24) is 10.2 Å². The largest absolute Gasteiger partial charge is 0.150 e. The summed E-state index contributed by atoms with van der Waals surface area (Å²) in [5.41, 5.74) is 16.6. The average Bonchev–Trinajstić information content (AvgIpc) is 3.73. The summed E-state index contributed by atoms with van der Waals surface area (Å²) >= 11 is 0. The van der Waals surface area contributed by atoms with Crippen molar-refractivity contribution in [2.75, 3.05) is 0 Å². The van der Waals surface area contributed by atoms with Crippen molar-refractivity contribution in [1.29, 1.82) is 0 Å². The Morgan fingerprint density at radius 2 is 0.836 bits per heavy atom. The normalized spacial score (nSPS) is 13.2. The maximum Gasteiger partial charge on any atom is 0.0930 e. The number of rotatable bonds is 3.